The molecule has 0 atom stereocenters. The molecule has 0 unspecified atom stereocenters. The van der Waals surface area contributed by atoms with Crippen LogP contribution < -0.4 is 0 Å². The summed E-state index contributed by atoms with van der Waals surface area (Å²) in [6.45, 7) is 1.91. The van der Waals surface area contributed by atoms with Gasteiger partial charge in [-0.25, -0.2) is 4.39 Å². The van der Waals surface area contributed by atoms with Crippen molar-refractivity contribution in [3.63, 3.8) is 0 Å². The highest BCUT2D eigenvalue weighted by Crippen LogP contribution is 2.43. The molecule has 1 aromatic rings. The van der Waals surface area contributed by atoms with Gasteiger partial charge < -0.3 is 5.11 Å². The van der Waals surface area contributed by atoms with Gasteiger partial charge in [0.2, 0.25) is 0 Å². The second kappa shape index (κ2) is 4.80. The monoisotopic (exact) mass is 270 g/mol. The van der Waals surface area contributed by atoms with Gasteiger partial charge in [-0.1, -0.05) is 6.92 Å². The fraction of sp³-hybridized carbons (Fsp3) is 0.538. The van der Waals surface area contributed by atoms with E-state index in [4.69, 9.17) is 0 Å². The second-order valence-corrected chi connectivity index (χ2v) is 5.81. The van der Waals surface area contributed by atoms with Gasteiger partial charge in [0, 0.05) is 17.7 Å². The second-order valence-electron chi connectivity index (χ2n) is 4.67. The summed E-state index contributed by atoms with van der Waals surface area (Å²) < 4.78 is 13.9. The zero-order valence-corrected chi connectivity index (χ0v) is 11.0. The van der Waals surface area contributed by atoms with Crippen molar-refractivity contribution in [1.82, 2.24) is 0 Å². The van der Waals surface area contributed by atoms with Gasteiger partial charge in [-0.3, -0.25) is 9.59 Å². The van der Waals surface area contributed by atoms with Crippen LogP contribution in [-0.2, 0) is 21.4 Å². The number of halogens is 1. The minimum atomic E-state index is -1.20. The zero-order valence-electron chi connectivity index (χ0n) is 10.2. The maximum atomic E-state index is 13.9. The predicted octanol–water partition coefficient (Wildman–Crippen LogP) is 2.92. The fourth-order valence-corrected chi connectivity index (χ4v) is 3.62. The highest BCUT2D eigenvalue weighted by atomic mass is 32.1. The average Bonchev–Trinajstić information content (AvgIpc) is 2.72. The number of carbonyl (C=O) groups is 2. The Balaban J connectivity index is 2.44. The molecule has 0 saturated heterocycles. The van der Waals surface area contributed by atoms with E-state index in [1.807, 2.05) is 6.92 Å². The maximum absolute atomic E-state index is 13.9. The Kier molecular flexibility index (Phi) is 3.52. The Morgan fingerprint density at radius 2 is 2.11 bits per heavy atom. The summed E-state index contributed by atoms with van der Waals surface area (Å²) in [4.78, 5) is 24.0. The summed E-state index contributed by atoms with van der Waals surface area (Å²) >= 11 is 1.23. The molecule has 0 radical (unpaired) electrons. The largest absolute Gasteiger partial charge is 0.481 e. The van der Waals surface area contributed by atoms with Gasteiger partial charge in [0.15, 0.2) is 0 Å². The molecule has 5 heteroatoms. The number of carboxylic acid groups (broad SMARTS) is 1. The van der Waals surface area contributed by atoms with Gasteiger partial charge in [0.25, 0.3) is 0 Å². The fourth-order valence-electron chi connectivity index (χ4n) is 2.41. The van der Waals surface area contributed by atoms with Crippen LogP contribution in [0.1, 0.15) is 42.4 Å². The van der Waals surface area contributed by atoms with Crippen LogP contribution in [0.15, 0.2) is 6.07 Å². The molecule has 18 heavy (non-hydrogen) atoms. The molecule has 0 amide bonds. The van der Waals surface area contributed by atoms with E-state index in [1.165, 1.54) is 17.4 Å². The van der Waals surface area contributed by atoms with Crippen molar-refractivity contribution in [1.29, 1.82) is 0 Å². The molecule has 1 N–H and O–H groups in total. The van der Waals surface area contributed by atoms with Crippen LogP contribution in [0.4, 0.5) is 4.39 Å². The summed E-state index contributed by atoms with van der Waals surface area (Å²) in [5, 5.41) is 9.46. The van der Waals surface area contributed by atoms with Crippen molar-refractivity contribution in [2.45, 2.75) is 44.4 Å². The first-order chi connectivity index (χ1) is 8.49. The highest BCUT2D eigenvalue weighted by molar-refractivity contribution is 7.12. The number of carboxylic acids is 1. The van der Waals surface area contributed by atoms with Crippen LogP contribution in [0.5, 0.6) is 0 Å². The molecular weight excluding hydrogens is 255 g/mol. The van der Waals surface area contributed by atoms with E-state index in [0.717, 1.165) is 4.88 Å². The van der Waals surface area contributed by atoms with Gasteiger partial charge in [0.05, 0.1) is 4.88 Å². The van der Waals surface area contributed by atoms with Gasteiger partial charge in [-0.15, -0.1) is 11.3 Å². The number of hydrogen-bond donors (Lipinski definition) is 1. The normalized spacial score (nSPS) is 18.9. The third-order valence-corrected chi connectivity index (χ3v) is 5.05. The Hall–Kier alpha value is -1.23. The molecule has 1 fully saturated rings. The first-order valence-electron chi connectivity index (χ1n) is 6.03. The number of ketones is 1. The van der Waals surface area contributed by atoms with E-state index in [2.05, 4.69) is 0 Å². The number of hydrogen-bond acceptors (Lipinski definition) is 3. The third-order valence-electron chi connectivity index (χ3n) is 3.59. The third kappa shape index (κ3) is 2.07. The predicted molar refractivity (Wildman–Crippen MR) is 66.4 cm³/mol. The Morgan fingerprint density at radius 3 is 2.56 bits per heavy atom. The van der Waals surface area contributed by atoms with Crippen molar-refractivity contribution < 1.29 is 19.1 Å². The van der Waals surface area contributed by atoms with Crippen molar-refractivity contribution >= 4 is 23.1 Å². The molecule has 1 aliphatic carbocycles. The Bertz CT molecular complexity index is 482. The van der Waals surface area contributed by atoms with E-state index >= 15 is 0 Å². The van der Waals surface area contributed by atoms with Crippen LogP contribution in [-0.4, -0.2) is 16.9 Å². The highest BCUT2D eigenvalue weighted by Gasteiger charge is 2.46. The van der Waals surface area contributed by atoms with Gasteiger partial charge in [-0.2, -0.15) is 0 Å². The minimum absolute atomic E-state index is 0.0690. The molecule has 98 valence electrons. The number of rotatable bonds is 3. The lowest BCUT2D eigenvalue weighted by Gasteiger charge is -2.31. The van der Waals surface area contributed by atoms with Crippen LogP contribution >= 0.6 is 11.3 Å². The molecule has 3 nitrogen and oxygen atoms in total. The zero-order chi connectivity index (χ0) is 13.3. The SMILES string of the molecule is CCc1cc(F)c(C2(C(=O)O)CCC(=O)CC2)s1. The standard InChI is InChI=1S/C13H15FO3S/c1-2-9-7-10(14)11(18-9)13(12(16)17)5-3-8(15)4-6-13/h7H,2-6H2,1H3,(H,16,17). The average molecular weight is 270 g/mol. The topological polar surface area (TPSA) is 54.4 Å². The lowest BCUT2D eigenvalue weighted by Crippen LogP contribution is -2.39. The summed E-state index contributed by atoms with van der Waals surface area (Å²) in [6, 6.07) is 1.42. The first-order valence-corrected chi connectivity index (χ1v) is 6.85. The van der Waals surface area contributed by atoms with Gasteiger partial charge in [-0.05, 0) is 25.3 Å². The minimum Gasteiger partial charge on any atom is -0.481 e. The van der Waals surface area contributed by atoms with Crippen molar-refractivity contribution in [3.05, 3.63) is 21.6 Å². The number of Topliss-reactive ketones (excluding diaryl/α,β-unsaturated/α-hetero) is 1. The first kappa shape index (κ1) is 13.2. The quantitative estimate of drug-likeness (QED) is 0.918. The maximum Gasteiger partial charge on any atom is 0.315 e. The lowest BCUT2D eigenvalue weighted by atomic mass is 9.72. The van der Waals surface area contributed by atoms with E-state index in [-0.39, 0.29) is 31.5 Å². The van der Waals surface area contributed by atoms with Gasteiger partial charge >= 0.3 is 5.97 Å². The van der Waals surface area contributed by atoms with Crippen LogP contribution in [0.3, 0.4) is 0 Å². The number of carbonyl (C=O) groups excluding carboxylic acids is 1. The number of aryl methyl sites for hydroxylation is 1. The summed E-state index contributed by atoms with van der Waals surface area (Å²) in [6.07, 6.45) is 1.57. The van der Waals surface area contributed by atoms with Gasteiger partial charge in [0.1, 0.15) is 17.0 Å². The Labute approximate surface area is 109 Å². The molecule has 0 bridgehead atoms. The van der Waals surface area contributed by atoms with E-state index < -0.39 is 17.2 Å². The molecule has 0 aliphatic heterocycles. The molecule has 1 aromatic heterocycles. The number of thiophene rings is 1. The molecule has 1 saturated carbocycles. The van der Waals surface area contributed by atoms with Crippen LogP contribution in [0.25, 0.3) is 0 Å². The molecule has 2 rings (SSSR count). The van der Waals surface area contributed by atoms with Crippen molar-refractivity contribution in [2.24, 2.45) is 0 Å². The smallest absolute Gasteiger partial charge is 0.315 e. The lowest BCUT2D eigenvalue weighted by molar-refractivity contribution is -0.146. The molecule has 1 heterocycles. The molecular formula is C13H15FO3S. The van der Waals surface area contributed by atoms with Crippen LogP contribution in [0.2, 0.25) is 0 Å². The van der Waals surface area contributed by atoms with Crippen molar-refractivity contribution in [3.8, 4) is 0 Å². The summed E-state index contributed by atoms with van der Waals surface area (Å²) in [7, 11) is 0. The number of aliphatic carboxylic acids is 1. The molecule has 0 spiro atoms. The molecule has 0 aromatic carbocycles. The van der Waals surface area contributed by atoms with E-state index in [0.29, 0.717) is 11.3 Å². The summed E-state index contributed by atoms with van der Waals surface area (Å²) in [5.41, 5.74) is -1.20. The van der Waals surface area contributed by atoms with E-state index in [1.54, 1.807) is 0 Å². The van der Waals surface area contributed by atoms with Crippen LogP contribution in [0, 0.1) is 5.82 Å². The Morgan fingerprint density at radius 1 is 1.50 bits per heavy atom. The van der Waals surface area contributed by atoms with Crippen molar-refractivity contribution in [2.75, 3.05) is 0 Å². The summed E-state index contributed by atoms with van der Waals surface area (Å²) in [5.74, 6) is -1.38. The van der Waals surface area contributed by atoms with E-state index in [9.17, 15) is 19.1 Å². The molecule has 1 aliphatic rings.